The molecule has 0 heterocycles. The van der Waals surface area contributed by atoms with Crippen LogP contribution in [0, 0.1) is 6.92 Å². The van der Waals surface area contributed by atoms with Crippen molar-refractivity contribution in [2.24, 2.45) is 5.10 Å². The number of nitrogens with zero attached hydrogens (tertiary/aromatic N) is 2. The molecule has 0 unspecified atom stereocenters. The van der Waals surface area contributed by atoms with Gasteiger partial charge < -0.3 is 0 Å². The van der Waals surface area contributed by atoms with E-state index in [-0.39, 0.29) is 10.5 Å². The summed E-state index contributed by atoms with van der Waals surface area (Å²) in [5.74, 6) is -0.451. The Morgan fingerprint density at radius 1 is 1.20 bits per heavy atom. The number of carbonyl (C=O) groups excluding carboxylic acids is 1. The predicted molar refractivity (Wildman–Crippen MR) is 102 cm³/mol. The predicted octanol–water partition coefficient (Wildman–Crippen LogP) is 3.78. The number of benzene rings is 2. The topological polar surface area (TPSA) is 66.8 Å². The van der Waals surface area contributed by atoms with E-state index in [1.807, 2.05) is 12.1 Å². The number of aryl methyl sites for hydroxylation is 1. The van der Waals surface area contributed by atoms with Gasteiger partial charge in [-0.25, -0.2) is 0 Å². The number of rotatable bonds is 6. The van der Waals surface area contributed by atoms with Crippen molar-refractivity contribution in [3.63, 3.8) is 0 Å². The highest BCUT2D eigenvalue weighted by Gasteiger charge is 2.25. The quantitative estimate of drug-likeness (QED) is 0.309. The van der Waals surface area contributed by atoms with Gasteiger partial charge >= 0.3 is 0 Å². The molecule has 25 heavy (non-hydrogen) atoms. The van der Waals surface area contributed by atoms with Gasteiger partial charge in [0.1, 0.15) is 4.90 Å². The number of hydrazone groups is 1. The molecule has 0 aromatic heterocycles. The molecule has 0 bridgehead atoms. The van der Waals surface area contributed by atoms with Gasteiger partial charge in [-0.15, -0.1) is 0 Å². The summed E-state index contributed by atoms with van der Waals surface area (Å²) in [6, 6.07) is 11.8. The first kappa shape index (κ1) is 19.1. The van der Waals surface area contributed by atoms with Crippen LogP contribution in [0.3, 0.4) is 0 Å². The highest BCUT2D eigenvalue weighted by atomic mass is 79.9. The standard InChI is InChI=1S/C18H17BrN2O3S/c1-4-17(22)16-11-13(2)5-10-18(16)25(23,24)21(3)20-12-14-6-8-15(19)9-7-14/h4-12H,1H2,2-3H3/b20-12+. The zero-order valence-corrected chi connectivity index (χ0v) is 16.2. The lowest BCUT2D eigenvalue weighted by Crippen LogP contribution is -2.24. The minimum absolute atomic E-state index is 0.0840. The smallest absolute Gasteiger partial charge is 0.279 e. The second-order valence-electron chi connectivity index (χ2n) is 5.30. The van der Waals surface area contributed by atoms with Crippen LogP contribution in [0.25, 0.3) is 0 Å². The molecule has 0 amide bonds. The van der Waals surface area contributed by atoms with Gasteiger partial charge in [0.05, 0.1) is 6.21 Å². The summed E-state index contributed by atoms with van der Waals surface area (Å²) in [7, 11) is -2.64. The average molecular weight is 421 g/mol. The van der Waals surface area contributed by atoms with E-state index in [0.29, 0.717) is 0 Å². The second kappa shape index (κ2) is 7.76. The average Bonchev–Trinajstić information content (AvgIpc) is 2.59. The Morgan fingerprint density at radius 2 is 1.84 bits per heavy atom. The molecule has 0 aliphatic carbocycles. The molecule has 0 radical (unpaired) electrons. The molecule has 2 aromatic carbocycles. The van der Waals surface area contributed by atoms with Gasteiger partial charge in [-0.2, -0.15) is 17.9 Å². The van der Waals surface area contributed by atoms with Crippen molar-refractivity contribution in [3.8, 4) is 0 Å². The number of hydrogen-bond donors (Lipinski definition) is 0. The van der Waals surface area contributed by atoms with E-state index < -0.39 is 15.8 Å². The fourth-order valence-corrected chi connectivity index (χ4v) is 3.47. The Morgan fingerprint density at radius 3 is 2.44 bits per heavy atom. The first-order chi connectivity index (χ1) is 11.8. The summed E-state index contributed by atoms with van der Waals surface area (Å²) in [6.45, 7) is 5.21. The first-order valence-electron chi connectivity index (χ1n) is 7.31. The highest BCUT2D eigenvalue weighted by molar-refractivity contribution is 9.10. The van der Waals surface area contributed by atoms with Crippen LogP contribution in [-0.4, -0.2) is 31.9 Å². The third-order valence-corrected chi connectivity index (χ3v) is 5.68. The van der Waals surface area contributed by atoms with Crippen LogP contribution >= 0.6 is 15.9 Å². The van der Waals surface area contributed by atoms with E-state index in [0.717, 1.165) is 26.1 Å². The van der Waals surface area contributed by atoms with Crippen molar-refractivity contribution in [2.45, 2.75) is 11.8 Å². The number of carbonyl (C=O) groups is 1. The molecular weight excluding hydrogens is 404 g/mol. The largest absolute Gasteiger partial charge is 0.289 e. The SMILES string of the molecule is C=CC(=O)c1cc(C)ccc1S(=O)(=O)N(C)/N=C/c1ccc(Br)cc1. The lowest BCUT2D eigenvalue weighted by molar-refractivity contribution is 0.104. The van der Waals surface area contributed by atoms with Crippen molar-refractivity contribution >= 4 is 38.0 Å². The van der Waals surface area contributed by atoms with E-state index in [1.165, 1.54) is 25.4 Å². The van der Waals surface area contributed by atoms with Crippen LogP contribution in [0.15, 0.2) is 69.6 Å². The van der Waals surface area contributed by atoms with E-state index in [4.69, 9.17) is 0 Å². The molecule has 130 valence electrons. The monoisotopic (exact) mass is 420 g/mol. The molecule has 7 heteroatoms. The number of ketones is 1. The number of sulfonamides is 1. The minimum atomic E-state index is -3.96. The van der Waals surface area contributed by atoms with Gasteiger partial charge in [-0.3, -0.25) is 4.79 Å². The van der Waals surface area contributed by atoms with Crippen LogP contribution in [0.2, 0.25) is 0 Å². The molecule has 2 aromatic rings. The molecule has 0 N–H and O–H groups in total. The Hall–Kier alpha value is -2.25. The molecule has 0 aliphatic heterocycles. The van der Waals surface area contributed by atoms with Crippen molar-refractivity contribution in [3.05, 3.63) is 76.3 Å². The third-order valence-electron chi connectivity index (χ3n) is 3.45. The molecule has 2 rings (SSSR count). The molecule has 0 atom stereocenters. The summed E-state index contributed by atoms with van der Waals surface area (Å²) in [5.41, 5.74) is 1.61. The summed E-state index contributed by atoms with van der Waals surface area (Å²) in [5, 5.41) is 3.99. The van der Waals surface area contributed by atoms with Crippen molar-refractivity contribution in [1.82, 2.24) is 4.41 Å². The molecule has 0 aliphatic rings. The van der Waals surface area contributed by atoms with E-state index in [9.17, 15) is 13.2 Å². The Bertz CT molecular complexity index is 935. The van der Waals surface area contributed by atoms with Crippen molar-refractivity contribution in [1.29, 1.82) is 0 Å². The molecule has 0 saturated carbocycles. The Kier molecular flexibility index (Phi) is 5.92. The maximum Gasteiger partial charge on any atom is 0.279 e. The maximum absolute atomic E-state index is 12.8. The van der Waals surface area contributed by atoms with Crippen LogP contribution in [-0.2, 0) is 10.0 Å². The zero-order valence-electron chi connectivity index (χ0n) is 13.8. The summed E-state index contributed by atoms with van der Waals surface area (Å²) in [4.78, 5) is 11.9. The lowest BCUT2D eigenvalue weighted by atomic mass is 10.1. The zero-order chi connectivity index (χ0) is 18.6. The Labute approximate surface area is 155 Å². The third kappa shape index (κ3) is 4.43. The minimum Gasteiger partial charge on any atom is -0.289 e. The fourth-order valence-electron chi connectivity index (χ4n) is 2.07. The normalized spacial score (nSPS) is 11.5. The summed E-state index contributed by atoms with van der Waals surface area (Å²) in [6.07, 6.45) is 2.53. The van der Waals surface area contributed by atoms with E-state index >= 15 is 0 Å². The second-order valence-corrected chi connectivity index (χ2v) is 8.14. The van der Waals surface area contributed by atoms with Crippen molar-refractivity contribution < 1.29 is 13.2 Å². The fraction of sp³-hybridized carbons (Fsp3) is 0.111. The van der Waals surface area contributed by atoms with Crippen LogP contribution in [0.5, 0.6) is 0 Å². The van der Waals surface area contributed by atoms with Gasteiger partial charge in [-0.1, -0.05) is 46.3 Å². The van der Waals surface area contributed by atoms with E-state index in [2.05, 4.69) is 27.6 Å². The molecule has 0 spiro atoms. The maximum atomic E-state index is 12.8. The van der Waals surface area contributed by atoms with Gasteiger partial charge in [0.15, 0.2) is 5.78 Å². The van der Waals surface area contributed by atoms with Crippen LogP contribution in [0.1, 0.15) is 21.5 Å². The summed E-state index contributed by atoms with van der Waals surface area (Å²) >= 11 is 3.33. The molecule has 0 fully saturated rings. The Balaban J connectivity index is 2.39. The number of halogens is 1. The highest BCUT2D eigenvalue weighted by Crippen LogP contribution is 2.22. The number of allylic oxidation sites excluding steroid dienone is 1. The van der Waals surface area contributed by atoms with Crippen LogP contribution < -0.4 is 0 Å². The van der Waals surface area contributed by atoms with Crippen LogP contribution in [0.4, 0.5) is 0 Å². The molecular formula is C18H17BrN2O3S. The van der Waals surface area contributed by atoms with Gasteiger partial charge in [0, 0.05) is 17.1 Å². The summed E-state index contributed by atoms with van der Waals surface area (Å²) < 4.78 is 27.3. The number of hydrogen-bond acceptors (Lipinski definition) is 4. The van der Waals surface area contributed by atoms with E-state index in [1.54, 1.807) is 25.1 Å². The first-order valence-corrected chi connectivity index (χ1v) is 9.55. The lowest BCUT2D eigenvalue weighted by Gasteiger charge is -2.16. The van der Waals surface area contributed by atoms with Gasteiger partial charge in [0.2, 0.25) is 0 Å². The van der Waals surface area contributed by atoms with Crippen molar-refractivity contribution in [2.75, 3.05) is 7.05 Å². The van der Waals surface area contributed by atoms with Gasteiger partial charge in [-0.05, 0) is 42.8 Å². The van der Waals surface area contributed by atoms with Gasteiger partial charge in [0.25, 0.3) is 10.0 Å². The molecule has 0 saturated heterocycles. The molecule has 5 nitrogen and oxygen atoms in total.